The van der Waals surface area contributed by atoms with Crippen LogP contribution >= 0.6 is 24.8 Å². The van der Waals surface area contributed by atoms with E-state index in [0.29, 0.717) is 19.4 Å². The van der Waals surface area contributed by atoms with Crippen LogP contribution in [-0.4, -0.2) is 17.5 Å². The molecule has 2 N–H and O–H groups in total. The van der Waals surface area contributed by atoms with Gasteiger partial charge in [-0.05, 0) is 48.9 Å². The van der Waals surface area contributed by atoms with E-state index < -0.39 is 5.92 Å². The lowest BCUT2D eigenvalue weighted by Gasteiger charge is -2.39. The molecule has 1 aliphatic carbocycles. The highest BCUT2D eigenvalue weighted by molar-refractivity contribution is 5.85. The monoisotopic (exact) mass is 312 g/mol. The number of hydrogen-bond acceptors (Lipinski definition) is 2. The van der Waals surface area contributed by atoms with Crippen LogP contribution in [0, 0.1) is 5.41 Å². The SMILES string of the molecule is Cl.Cl.NCC1(Cc2ccncc2)CCC(F)(F)CC1. The molecule has 0 saturated heterocycles. The van der Waals surface area contributed by atoms with Crippen LogP contribution in [0.25, 0.3) is 0 Å². The number of rotatable bonds is 3. The summed E-state index contributed by atoms with van der Waals surface area (Å²) in [5, 5.41) is 0. The molecule has 0 aromatic carbocycles. The molecule has 0 unspecified atom stereocenters. The topological polar surface area (TPSA) is 38.9 Å². The molecular weight excluding hydrogens is 293 g/mol. The normalized spacial score (nSPS) is 19.9. The molecule has 1 aromatic rings. The second-order valence-electron chi connectivity index (χ2n) is 5.09. The Labute approximate surface area is 125 Å². The summed E-state index contributed by atoms with van der Waals surface area (Å²) >= 11 is 0. The zero-order chi connectivity index (χ0) is 12.4. The van der Waals surface area contributed by atoms with E-state index in [4.69, 9.17) is 5.73 Å². The molecule has 1 aromatic heterocycles. The smallest absolute Gasteiger partial charge is 0.248 e. The second kappa shape index (κ2) is 7.36. The Kier molecular flexibility index (Phi) is 7.19. The fourth-order valence-electron chi connectivity index (χ4n) is 2.53. The van der Waals surface area contributed by atoms with Gasteiger partial charge < -0.3 is 5.73 Å². The summed E-state index contributed by atoms with van der Waals surface area (Å²) in [5.41, 5.74) is 6.80. The lowest BCUT2D eigenvalue weighted by Crippen LogP contribution is -2.40. The maximum absolute atomic E-state index is 13.2. The molecule has 0 bridgehead atoms. The summed E-state index contributed by atoms with van der Waals surface area (Å²) < 4.78 is 26.3. The van der Waals surface area contributed by atoms with Gasteiger partial charge in [0.2, 0.25) is 5.92 Å². The molecule has 110 valence electrons. The third kappa shape index (κ3) is 4.86. The standard InChI is InChI=1S/C13H18F2N2.2ClH/c14-13(15)5-3-12(10-16,4-6-13)9-11-1-7-17-8-2-11;;/h1-2,7-8H,3-6,9-10,16H2;2*1H. The molecule has 1 saturated carbocycles. The van der Waals surface area contributed by atoms with Gasteiger partial charge in [-0.2, -0.15) is 0 Å². The molecular formula is C13H20Cl2F2N2. The molecule has 0 spiro atoms. The fraction of sp³-hybridized carbons (Fsp3) is 0.615. The first kappa shape index (κ1) is 18.6. The van der Waals surface area contributed by atoms with Crippen LogP contribution < -0.4 is 5.73 Å². The van der Waals surface area contributed by atoms with E-state index in [0.717, 1.165) is 12.0 Å². The van der Waals surface area contributed by atoms with Crippen molar-refractivity contribution in [2.24, 2.45) is 11.1 Å². The lowest BCUT2D eigenvalue weighted by atomic mass is 9.69. The quantitative estimate of drug-likeness (QED) is 0.925. The summed E-state index contributed by atoms with van der Waals surface area (Å²) in [6.07, 6.45) is 5.21. The zero-order valence-electron chi connectivity index (χ0n) is 10.6. The van der Waals surface area contributed by atoms with Gasteiger partial charge in [-0.15, -0.1) is 24.8 Å². The number of halogens is 4. The van der Waals surface area contributed by atoms with E-state index in [1.807, 2.05) is 12.1 Å². The Bertz CT molecular complexity index is 364. The molecule has 0 atom stereocenters. The minimum Gasteiger partial charge on any atom is -0.330 e. The van der Waals surface area contributed by atoms with Crippen LogP contribution in [0.15, 0.2) is 24.5 Å². The van der Waals surface area contributed by atoms with Crippen LogP contribution in [-0.2, 0) is 6.42 Å². The van der Waals surface area contributed by atoms with Crippen molar-refractivity contribution in [3.63, 3.8) is 0 Å². The minimum atomic E-state index is -2.49. The van der Waals surface area contributed by atoms with E-state index in [1.165, 1.54) is 0 Å². The number of alkyl halides is 2. The van der Waals surface area contributed by atoms with Crippen molar-refractivity contribution in [3.05, 3.63) is 30.1 Å². The van der Waals surface area contributed by atoms with Crippen LogP contribution in [0.1, 0.15) is 31.2 Å². The Morgan fingerprint density at radius 3 is 2.05 bits per heavy atom. The third-order valence-corrected chi connectivity index (χ3v) is 3.80. The van der Waals surface area contributed by atoms with Gasteiger partial charge in [0.15, 0.2) is 0 Å². The maximum Gasteiger partial charge on any atom is 0.248 e. The van der Waals surface area contributed by atoms with Gasteiger partial charge in [-0.1, -0.05) is 0 Å². The zero-order valence-corrected chi connectivity index (χ0v) is 12.3. The third-order valence-electron chi connectivity index (χ3n) is 3.80. The highest BCUT2D eigenvalue weighted by atomic mass is 35.5. The Hall–Kier alpha value is -0.450. The van der Waals surface area contributed by atoms with Gasteiger partial charge in [-0.3, -0.25) is 4.98 Å². The van der Waals surface area contributed by atoms with Gasteiger partial charge in [0, 0.05) is 25.2 Å². The van der Waals surface area contributed by atoms with E-state index in [2.05, 4.69) is 4.98 Å². The highest BCUT2D eigenvalue weighted by Gasteiger charge is 2.42. The van der Waals surface area contributed by atoms with Crippen molar-refractivity contribution in [2.45, 2.75) is 38.0 Å². The highest BCUT2D eigenvalue weighted by Crippen LogP contribution is 2.44. The van der Waals surface area contributed by atoms with E-state index >= 15 is 0 Å². The van der Waals surface area contributed by atoms with Gasteiger partial charge in [0.25, 0.3) is 0 Å². The number of hydrogen-bond donors (Lipinski definition) is 1. The molecule has 2 rings (SSSR count). The largest absolute Gasteiger partial charge is 0.330 e. The number of nitrogens with zero attached hydrogens (tertiary/aromatic N) is 1. The number of nitrogens with two attached hydrogens (primary N) is 1. The van der Waals surface area contributed by atoms with Crippen LogP contribution in [0.5, 0.6) is 0 Å². The summed E-state index contributed by atoms with van der Waals surface area (Å²) in [7, 11) is 0. The van der Waals surface area contributed by atoms with Gasteiger partial charge in [0.1, 0.15) is 0 Å². The van der Waals surface area contributed by atoms with Gasteiger partial charge in [0.05, 0.1) is 0 Å². The first-order valence-electron chi connectivity index (χ1n) is 6.02. The molecule has 0 radical (unpaired) electrons. The molecule has 1 heterocycles. The van der Waals surface area contributed by atoms with Crippen LogP contribution in [0.2, 0.25) is 0 Å². The predicted octanol–water partition coefficient (Wildman–Crippen LogP) is 3.62. The molecule has 6 heteroatoms. The number of aromatic nitrogens is 1. The van der Waals surface area contributed by atoms with Crippen molar-refractivity contribution < 1.29 is 8.78 Å². The second-order valence-corrected chi connectivity index (χ2v) is 5.09. The van der Waals surface area contributed by atoms with Crippen molar-refractivity contribution in [2.75, 3.05) is 6.54 Å². The van der Waals surface area contributed by atoms with E-state index in [-0.39, 0.29) is 43.1 Å². The summed E-state index contributed by atoms with van der Waals surface area (Å²) in [6, 6.07) is 3.87. The maximum atomic E-state index is 13.2. The molecule has 1 fully saturated rings. The van der Waals surface area contributed by atoms with Crippen molar-refractivity contribution in [1.82, 2.24) is 4.98 Å². The lowest BCUT2D eigenvalue weighted by molar-refractivity contribution is -0.0652. The van der Waals surface area contributed by atoms with E-state index in [9.17, 15) is 8.78 Å². The fourth-order valence-corrected chi connectivity index (χ4v) is 2.53. The Morgan fingerprint density at radius 1 is 1.05 bits per heavy atom. The van der Waals surface area contributed by atoms with E-state index in [1.54, 1.807) is 12.4 Å². The number of pyridine rings is 1. The van der Waals surface area contributed by atoms with Crippen molar-refractivity contribution in [3.8, 4) is 0 Å². The first-order valence-corrected chi connectivity index (χ1v) is 6.02. The van der Waals surface area contributed by atoms with Crippen molar-refractivity contribution in [1.29, 1.82) is 0 Å². The average Bonchev–Trinajstić information content (AvgIpc) is 2.34. The summed E-state index contributed by atoms with van der Waals surface area (Å²) in [5.74, 6) is -2.49. The van der Waals surface area contributed by atoms with Crippen LogP contribution in [0.4, 0.5) is 8.78 Å². The molecule has 0 amide bonds. The first-order chi connectivity index (χ1) is 8.05. The summed E-state index contributed by atoms with van der Waals surface area (Å²) in [4.78, 5) is 3.96. The van der Waals surface area contributed by atoms with Crippen LogP contribution in [0.3, 0.4) is 0 Å². The minimum absolute atomic E-state index is 0. The molecule has 1 aliphatic rings. The van der Waals surface area contributed by atoms with Gasteiger partial charge in [-0.25, -0.2) is 8.78 Å². The Balaban J connectivity index is 0.00000162. The molecule has 2 nitrogen and oxygen atoms in total. The predicted molar refractivity (Wildman–Crippen MR) is 77.3 cm³/mol. The van der Waals surface area contributed by atoms with Crippen molar-refractivity contribution >= 4 is 24.8 Å². The average molecular weight is 313 g/mol. The Morgan fingerprint density at radius 2 is 1.58 bits per heavy atom. The summed E-state index contributed by atoms with van der Waals surface area (Å²) in [6.45, 7) is 0.478. The molecule has 19 heavy (non-hydrogen) atoms. The molecule has 0 aliphatic heterocycles. The van der Waals surface area contributed by atoms with Gasteiger partial charge >= 0.3 is 0 Å².